The molecule has 0 aliphatic heterocycles. The van der Waals surface area contributed by atoms with Gasteiger partial charge in [0, 0.05) is 21.1 Å². The second kappa shape index (κ2) is 7.74. The number of aryl methyl sites for hydroxylation is 1. The quantitative estimate of drug-likeness (QED) is 0.556. The molecule has 1 amide bonds. The maximum atomic E-state index is 12.2. The lowest BCUT2D eigenvalue weighted by molar-refractivity contribution is -0.119. The van der Waals surface area contributed by atoms with E-state index in [2.05, 4.69) is 21.2 Å². The van der Waals surface area contributed by atoms with Crippen LogP contribution in [0.2, 0.25) is 0 Å². The van der Waals surface area contributed by atoms with Crippen molar-refractivity contribution in [3.63, 3.8) is 0 Å². The largest absolute Gasteiger partial charge is 0.450 e. The van der Waals surface area contributed by atoms with Crippen LogP contribution >= 0.6 is 15.9 Å². The average Bonchev–Trinajstić information content (AvgIpc) is 2.96. The summed E-state index contributed by atoms with van der Waals surface area (Å²) in [6.07, 6.45) is 0. The minimum atomic E-state index is -3.81. The first-order chi connectivity index (χ1) is 13.1. The summed E-state index contributed by atoms with van der Waals surface area (Å²) in [6, 6.07) is 10.6. The van der Waals surface area contributed by atoms with Crippen LogP contribution < -0.4 is 10.5 Å². The van der Waals surface area contributed by atoms with E-state index in [9.17, 15) is 18.0 Å². The number of benzene rings is 2. The van der Waals surface area contributed by atoms with Gasteiger partial charge in [-0.1, -0.05) is 15.9 Å². The Morgan fingerprint density at radius 1 is 1.18 bits per heavy atom. The Kier molecular flexibility index (Phi) is 5.54. The lowest BCUT2D eigenvalue weighted by Gasteiger charge is -2.06. The van der Waals surface area contributed by atoms with Gasteiger partial charge in [0.2, 0.25) is 15.8 Å². The fraction of sp³-hybridized carbons (Fsp3) is 0.111. The normalized spacial score (nSPS) is 11.4. The molecule has 0 atom stereocenters. The van der Waals surface area contributed by atoms with Gasteiger partial charge < -0.3 is 14.5 Å². The molecule has 3 N–H and O–H groups in total. The number of amides is 1. The van der Waals surface area contributed by atoms with Crippen molar-refractivity contribution in [3.05, 3.63) is 58.3 Å². The van der Waals surface area contributed by atoms with E-state index < -0.39 is 28.5 Å². The van der Waals surface area contributed by atoms with E-state index in [-0.39, 0.29) is 10.7 Å². The molecule has 8 nitrogen and oxygen atoms in total. The van der Waals surface area contributed by atoms with Gasteiger partial charge in [-0.05, 0) is 49.4 Å². The molecule has 1 aromatic heterocycles. The molecule has 0 unspecified atom stereocenters. The summed E-state index contributed by atoms with van der Waals surface area (Å²) < 4.78 is 33.8. The van der Waals surface area contributed by atoms with Crippen LogP contribution in [-0.4, -0.2) is 26.9 Å². The Hall–Kier alpha value is -2.69. The van der Waals surface area contributed by atoms with Crippen LogP contribution in [0.5, 0.6) is 0 Å². The molecule has 0 aliphatic carbocycles. The van der Waals surface area contributed by atoms with Gasteiger partial charge in [-0.3, -0.25) is 4.79 Å². The predicted octanol–water partition coefficient (Wildman–Crippen LogP) is 2.95. The summed E-state index contributed by atoms with van der Waals surface area (Å²) in [5.41, 5.74) is 1.48. The third-order valence-corrected chi connectivity index (χ3v) is 5.31. The molecule has 0 aliphatic rings. The molecule has 146 valence electrons. The number of nitrogens with one attached hydrogen (secondary N) is 1. The number of halogens is 1. The molecule has 3 aromatic rings. The molecule has 0 saturated carbocycles. The Bertz CT molecular complexity index is 1170. The Morgan fingerprint density at radius 3 is 2.50 bits per heavy atom. The molecule has 2 aromatic carbocycles. The van der Waals surface area contributed by atoms with Crippen LogP contribution in [0.3, 0.4) is 0 Å². The van der Waals surface area contributed by atoms with Crippen LogP contribution in [-0.2, 0) is 19.6 Å². The summed E-state index contributed by atoms with van der Waals surface area (Å²) in [5, 5.41) is 8.26. The first-order valence-electron chi connectivity index (χ1n) is 7.93. The summed E-state index contributed by atoms with van der Waals surface area (Å²) >= 11 is 3.36. The monoisotopic (exact) mass is 466 g/mol. The van der Waals surface area contributed by atoms with Crippen molar-refractivity contribution in [2.75, 3.05) is 11.9 Å². The van der Waals surface area contributed by atoms with Crippen LogP contribution in [0.1, 0.15) is 16.1 Å². The maximum absolute atomic E-state index is 12.2. The Labute approximate surface area is 168 Å². The van der Waals surface area contributed by atoms with E-state index in [0.29, 0.717) is 16.8 Å². The lowest BCUT2D eigenvalue weighted by Crippen LogP contribution is -2.21. The average molecular weight is 467 g/mol. The zero-order valence-electron chi connectivity index (χ0n) is 14.6. The minimum absolute atomic E-state index is 0.0263. The number of anilines is 1. The summed E-state index contributed by atoms with van der Waals surface area (Å²) in [6.45, 7) is 1.19. The molecule has 3 rings (SSSR count). The number of hydrogen-bond acceptors (Lipinski definition) is 6. The second-order valence-electron chi connectivity index (χ2n) is 5.89. The predicted molar refractivity (Wildman–Crippen MR) is 105 cm³/mol. The topological polar surface area (TPSA) is 129 Å². The third-order valence-electron chi connectivity index (χ3n) is 3.88. The van der Waals surface area contributed by atoms with Crippen LogP contribution in [0.4, 0.5) is 5.69 Å². The van der Waals surface area contributed by atoms with Crippen molar-refractivity contribution < 1.29 is 27.2 Å². The van der Waals surface area contributed by atoms with Gasteiger partial charge in [0.05, 0.1) is 4.90 Å². The summed E-state index contributed by atoms with van der Waals surface area (Å²) in [7, 11) is -3.81. The number of sulfonamides is 1. The number of ether oxygens (including phenoxy) is 1. The van der Waals surface area contributed by atoms with E-state index in [0.717, 1.165) is 9.86 Å². The second-order valence-corrected chi connectivity index (χ2v) is 8.37. The number of nitrogens with two attached hydrogens (primary N) is 1. The van der Waals surface area contributed by atoms with Gasteiger partial charge in [0.15, 0.2) is 6.61 Å². The molecule has 0 saturated heterocycles. The number of primary sulfonamides is 1. The van der Waals surface area contributed by atoms with Gasteiger partial charge >= 0.3 is 5.97 Å². The number of hydrogen-bond donors (Lipinski definition) is 2. The Morgan fingerprint density at radius 2 is 1.86 bits per heavy atom. The molecular weight excluding hydrogens is 452 g/mol. The standard InChI is InChI=1S/C18H15BrN2O6S/c1-10-14-8-11(19)2-7-15(14)27-17(10)18(23)26-9-16(22)21-12-3-5-13(6-4-12)28(20,24)25/h2-8H,9H2,1H3,(H,21,22)(H2,20,24,25). The van der Waals surface area contributed by atoms with Gasteiger partial charge in [-0.25, -0.2) is 18.4 Å². The first-order valence-corrected chi connectivity index (χ1v) is 10.3. The van der Waals surface area contributed by atoms with Crippen molar-refractivity contribution in [3.8, 4) is 0 Å². The summed E-state index contributed by atoms with van der Waals surface area (Å²) in [4.78, 5) is 24.1. The zero-order chi connectivity index (χ0) is 20.5. The molecule has 1 heterocycles. The first kappa shape index (κ1) is 20.1. The number of furan rings is 1. The highest BCUT2D eigenvalue weighted by molar-refractivity contribution is 9.10. The SMILES string of the molecule is Cc1c(C(=O)OCC(=O)Nc2ccc(S(N)(=O)=O)cc2)oc2ccc(Br)cc12. The number of carbonyl (C=O) groups is 2. The van der Waals surface area contributed by atoms with Gasteiger partial charge in [0.25, 0.3) is 5.91 Å². The molecule has 0 radical (unpaired) electrons. The molecule has 0 spiro atoms. The number of fused-ring (bicyclic) bond motifs is 1. The fourth-order valence-corrected chi connectivity index (χ4v) is 3.39. The van der Waals surface area contributed by atoms with Crippen LogP contribution in [0.15, 0.2) is 56.2 Å². The Balaban J connectivity index is 1.63. The molecule has 0 bridgehead atoms. The van der Waals surface area contributed by atoms with E-state index in [1.165, 1.54) is 24.3 Å². The zero-order valence-corrected chi connectivity index (χ0v) is 17.0. The van der Waals surface area contributed by atoms with E-state index >= 15 is 0 Å². The van der Waals surface area contributed by atoms with Crippen LogP contribution in [0, 0.1) is 6.92 Å². The van der Waals surface area contributed by atoms with Gasteiger partial charge in [-0.2, -0.15) is 0 Å². The molecular formula is C18H15BrN2O6S. The lowest BCUT2D eigenvalue weighted by atomic mass is 10.1. The van der Waals surface area contributed by atoms with Gasteiger partial charge in [0.1, 0.15) is 5.58 Å². The molecule has 28 heavy (non-hydrogen) atoms. The third kappa shape index (κ3) is 4.41. The maximum Gasteiger partial charge on any atom is 0.375 e. The number of carbonyl (C=O) groups excluding carboxylic acids is 2. The van der Waals surface area contributed by atoms with Crippen molar-refractivity contribution in [1.82, 2.24) is 0 Å². The van der Waals surface area contributed by atoms with Crippen LogP contribution in [0.25, 0.3) is 11.0 Å². The highest BCUT2D eigenvalue weighted by atomic mass is 79.9. The molecule has 10 heteroatoms. The van der Waals surface area contributed by atoms with Gasteiger partial charge in [-0.15, -0.1) is 0 Å². The molecule has 0 fully saturated rings. The van der Waals surface area contributed by atoms with E-state index in [1.807, 2.05) is 6.07 Å². The minimum Gasteiger partial charge on any atom is -0.450 e. The van der Waals surface area contributed by atoms with Crippen molar-refractivity contribution in [1.29, 1.82) is 0 Å². The van der Waals surface area contributed by atoms with E-state index in [1.54, 1.807) is 19.1 Å². The number of rotatable bonds is 5. The van der Waals surface area contributed by atoms with Crippen molar-refractivity contribution in [2.24, 2.45) is 5.14 Å². The summed E-state index contributed by atoms with van der Waals surface area (Å²) in [5.74, 6) is -1.32. The highest BCUT2D eigenvalue weighted by Gasteiger charge is 2.20. The van der Waals surface area contributed by atoms with Crippen molar-refractivity contribution in [2.45, 2.75) is 11.8 Å². The highest BCUT2D eigenvalue weighted by Crippen LogP contribution is 2.28. The fourth-order valence-electron chi connectivity index (χ4n) is 2.51. The number of esters is 1. The van der Waals surface area contributed by atoms with Crippen molar-refractivity contribution >= 4 is 54.5 Å². The van der Waals surface area contributed by atoms with E-state index in [4.69, 9.17) is 14.3 Å². The smallest absolute Gasteiger partial charge is 0.375 e.